The topological polar surface area (TPSA) is 20.2 Å². The van der Waals surface area contributed by atoms with Crippen LogP contribution in [0, 0.1) is 11.7 Å². The molecule has 0 bridgehead atoms. The van der Waals surface area contributed by atoms with Crippen LogP contribution in [0.25, 0.3) is 0 Å². The van der Waals surface area contributed by atoms with E-state index in [0.29, 0.717) is 0 Å². The Hall–Kier alpha value is -1.15. The molecule has 1 aromatic carbocycles. The second-order valence-corrected chi connectivity index (χ2v) is 4.26. The normalized spacial score (nSPS) is 25.9. The van der Waals surface area contributed by atoms with Gasteiger partial charge in [-0.2, -0.15) is 0 Å². The van der Waals surface area contributed by atoms with Crippen molar-refractivity contribution in [2.45, 2.75) is 18.8 Å². The number of hydrogen-bond donors (Lipinski definition) is 1. The first-order valence-corrected chi connectivity index (χ1v) is 5.23. The fourth-order valence-corrected chi connectivity index (χ4v) is 2.39. The third kappa shape index (κ3) is 2.10. The van der Waals surface area contributed by atoms with Gasteiger partial charge in [0, 0.05) is 6.61 Å². The van der Waals surface area contributed by atoms with E-state index in [0.717, 1.165) is 24.0 Å². The molecule has 1 aliphatic carbocycles. The predicted molar refractivity (Wildman–Crippen MR) is 58.1 cm³/mol. The van der Waals surface area contributed by atoms with E-state index in [2.05, 4.69) is 6.58 Å². The van der Waals surface area contributed by atoms with Crippen LogP contribution in [0.4, 0.5) is 4.39 Å². The van der Waals surface area contributed by atoms with E-state index in [9.17, 15) is 9.50 Å². The minimum Gasteiger partial charge on any atom is -0.396 e. The van der Waals surface area contributed by atoms with Crippen LogP contribution in [-0.2, 0) is 0 Å². The summed E-state index contributed by atoms with van der Waals surface area (Å²) in [5.74, 6) is 0.235. The van der Waals surface area contributed by atoms with Crippen molar-refractivity contribution in [2.24, 2.45) is 5.92 Å². The molecule has 15 heavy (non-hydrogen) atoms. The first-order chi connectivity index (χ1) is 7.20. The molecule has 1 aromatic rings. The molecule has 1 fully saturated rings. The minimum absolute atomic E-state index is 0.153. The zero-order valence-corrected chi connectivity index (χ0v) is 8.62. The minimum atomic E-state index is -0.207. The summed E-state index contributed by atoms with van der Waals surface area (Å²) in [6, 6.07) is 6.66. The van der Waals surface area contributed by atoms with Gasteiger partial charge in [0.05, 0.1) is 0 Å². The number of rotatable bonds is 2. The highest BCUT2D eigenvalue weighted by molar-refractivity contribution is 5.26. The van der Waals surface area contributed by atoms with E-state index in [4.69, 9.17) is 0 Å². The summed E-state index contributed by atoms with van der Waals surface area (Å²) in [5, 5.41) is 9.25. The number of hydrogen-bond acceptors (Lipinski definition) is 1. The molecule has 2 rings (SSSR count). The lowest BCUT2D eigenvalue weighted by molar-refractivity contribution is 0.218. The van der Waals surface area contributed by atoms with Gasteiger partial charge in [0.2, 0.25) is 0 Å². The molecule has 1 aliphatic rings. The lowest BCUT2D eigenvalue weighted by Gasteiger charge is -2.17. The Morgan fingerprint density at radius 3 is 2.87 bits per heavy atom. The summed E-state index contributed by atoms with van der Waals surface area (Å²) in [6.07, 6.45) is 1.73. The van der Waals surface area contributed by atoms with E-state index in [1.165, 1.54) is 6.07 Å². The molecule has 2 heteroatoms. The maximum Gasteiger partial charge on any atom is 0.123 e. The molecule has 1 nitrogen and oxygen atoms in total. The molecule has 0 spiro atoms. The van der Waals surface area contributed by atoms with Gasteiger partial charge < -0.3 is 5.11 Å². The van der Waals surface area contributed by atoms with Gasteiger partial charge in [0.25, 0.3) is 0 Å². The van der Waals surface area contributed by atoms with Crippen molar-refractivity contribution in [3.05, 3.63) is 47.8 Å². The smallest absolute Gasteiger partial charge is 0.123 e. The van der Waals surface area contributed by atoms with Gasteiger partial charge in [-0.25, -0.2) is 4.39 Å². The molecule has 80 valence electrons. The van der Waals surface area contributed by atoms with Crippen molar-refractivity contribution in [3.8, 4) is 0 Å². The highest BCUT2D eigenvalue weighted by Gasteiger charge is 2.30. The van der Waals surface area contributed by atoms with Crippen LogP contribution in [0.15, 0.2) is 36.4 Å². The molecule has 2 atom stereocenters. The average molecular weight is 206 g/mol. The van der Waals surface area contributed by atoms with Crippen molar-refractivity contribution in [3.63, 3.8) is 0 Å². The third-order valence-electron chi connectivity index (χ3n) is 3.14. The van der Waals surface area contributed by atoms with Gasteiger partial charge in [-0.1, -0.05) is 24.3 Å². The zero-order chi connectivity index (χ0) is 10.8. The maximum absolute atomic E-state index is 13.1. The first kappa shape index (κ1) is 10.4. The van der Waals surface area contributed by atoms with Crippen molar-refractivity contribution in [1.29, 1.82) is 0 Å². The lowest BCUT2D eigenvalue weighted by Crippen LogP contribution is -2.10. The van der Waals surface area contributed by atoms with E-state index in [-0.39, 0.29) is 24.3 Å². The fourth-order valence-electron chi connectivity index (χ4n) is 2.39. The Labute approximate surface area is 89.3 Å². The summed E-state index contributed by atoms with van der Waals surface area (Å²) >= 11 is 0. The largest absolute Gasteiger partial charge is 0.396 e. The van der Waals surface area contributed by atoms with Crippen LogP contribution in [0.1, 0.15) is 24.3 Å². The van der Waals surface area contributed by atoms with Gasteiger partial charge in [-0.3, -0.25) is 0 Å². The summed E-state index contributed by atoms with van der Waals surface area (Å²) in [6.45, 7) is 4.10. The van der Waals surface area contributed by atoms with E-state index >= 15 is 0 Å². The highest BCUT2D eigenvalue weighted by Crippen LogP contribution is 2.41. The number of benzene rings is 1. The second kappa shape index (κ2) is 4.15. The quantitative estimate of drug-likeness (QED) is 0.738. The van der Waals surface area contributed by atoms with Crippen molar-refractivity contribution >= 4 is 0 Å². The Morgan fingerprint density at radius 2 is 2.20 bits per heavy atom. The lowest BCUT2D eigenvalue weighted by atomic mass is 9.89. The van der Waals surface area contributed by atoms with Crippen molar-refractivity contribution < 1.29 is 9.50 Å². The maximum atomic E-state index is 13.1. The number of aliphatic hydroxyl groups excluding tert-OH is 1. The van der Waals surface area contributed by atoms with Gasteiger partial charge in [0.15, 0.2) is 0 Å². The first-order valence-electron chi connectivity index (χ1n) is 5.23. The molecule has 0 saturated heterocycles. The Kier molecular flexibility index (Phi) is 2.87. The molecular formula is C13H15FO. The van der Waals surface area contributed by atoms with Gasteiger partial charge >= 0.3 is 0 Å². The van der Waals surface area contributed by atoms with Gasteiger partial charge in [0.1, 0.15) is 5.82 Å². The summed E-state index contributed by atoms with van der Waals surface area (Å²) in [7, 11) is 0. The average Bonchev–Trinajstić information content (AvgIpc) is 2.59. The van der Waals surface area contributed by atoms with Gasteiger partial charge in [-0.15, -0.1) is 0 Å². The monoisotopic (exact) mass is 206 g/mol. The standard InChI is InChI=1S/C13H15FO/c1-9-5-11(8-15)13(6-9)10-3-2-4-12(14)7-10/h2-4,7,11,13,15H,1,5-6,8H2/t11-,13-/m0/s1. The van der Waals surface area contributed by atoms with Gasteiger partial charge in [-0.05, 0) is 42.4 Å². The Balaban J connectivity index is 2.26. The fraction of sp³-hybridized carbons (Fsp3) is 0.385. The molecule has 0 aliphatic heterocycles. The molecular weight excluding hydrogens is 191 g/mol. The Morgan fingerprint density at radius 1 is 1.40 bits per heavy atom. The molecule has 0 heterocycles. The predicted octanol–water partition coefficient (Wildman–Crippen LogP) is 2.87. The van der Waals surface area contributed by atoms with Crippen LogP contribution in [0.3, 0.4) is 0 Å². The zero-order valence-electron chi connectivity index (χ0n) is 8.62. The highest BCUT2D eigenvalue weighted by atomic mass is 19.1. The van der Waals surface area contributed by atoms with Crippen LogP contribution >= 0.6 is 0 Å². The summed E-state index contributed by atoms with van der Waals surface area (Å²) in [4.78, 5) is 0. The van der Waals surface area contributed by atoms with E-state index < -0.39 is 0 Å². The summed E-state index contributed by atoms with van der Waals surface area (Å²) < 4.78 is 13.1. The van der Waals surface area contributed by atoms with Crippen LogP contribution < -0.4 is 0 Å². The number of halogens is 1. The second-order valence-electron chi connectivity index (χ2n) is 4.26. The van der Waals surface area contributed by atoms with Crippen molar-refractivity contribution in [2.75, 3.05) is 6.61 Å². The van der Waals surface area contributed by atoms with Crippen molar-refractivity contribution in [1.82, 2.24) is 0 Å². The Bertz CT molecular complexity index is 373. The number of allylic oxidation sites excluding steroid dienone is 1. The van der Waals surface area contributed by atoms with Crippen LogP contribution in [0.2, 0.25) is 0 Å². The van der Waals surface area contributed by atoms with Crippen LogP contribution in [-0.4, -0.2) is 11.7 Å². The third-order valence-corrected chi connectivity index (χ3v) is 3.14. The molecule has 0 radical (unpaired) electrons. The summed E-state index contributed by atoms with van der Waals surface area (Å²) in [5.41, 5.74) is 2.14. The molecule has 0 unspecified atom stereocenters. The molecule has 1 N–H and O–H groups in total. The van der Waals surface area contributed by atoms with Crippen LogP contribution in [0.5, 0.6) is 0 Å². The van der Waals surface area contributed by atoms with E-state index in [1.807, 2.05) is 6.07 Å². The number of aliphatic hydroxyl groups is 1. The molecule has 0 aromatic heterocycles. The van der Waals surface area contributed by atoms with E-state index in [1.54, 1.807) is 12.1 Å². The molecule has 0 amide bonds. The molecule has 1 saturated carbocycles. The SMILES string of the molecule is C=C1C[C@@H](CO)[C@H](c2cccc(F)c2)C1.